The van der Waals surface area contributed by atoms with Gasteiger partial charge in [0.1, 0.15) is 0 Å². The molecule has 108 valence electrons. The lowest BCUT2D eigenvalue weighted by Gasteiger charge is -2.13. The molecule has 6 nitrogen and oxygen atoms in total. The Kier molecular flexibility index (Phi) is 4.56. The van der Waals surface area contributed by atoms with Crippen LogP contribution in [0.25, 0.3) is 0 Å². The largest absolute Gasteiger partial charge is 0.417 e. The highest BCUT2D eigenvalue weighted by atomic mass is 35.5. The van der Waals surface area contributed by atoms with Gasteiger partial charge in [-0.05, 0) is 6.07 Å². The van der Waals surface area contributed by atoms with E-state index in [-0.39, 0.29) is 11.5 Å². The van der Waals surface area contributed by atoms with Crippen LogP contribution in [-0.2, 0) is 6.18 Å². The molecule has 0 fully saturated rings. The van der Waals surface area contributed by atoms with Crippen molar-refractivity contribution in [1.29, 1.82) is 0 Å². The van der Waals surface area contributed by atoms with Gasteiger partial charge in [-0.15, -0.1) is 5.10 Å². The highest BCUT2D eigenvalue weighted by molar-refractivity contribution is 6.36. The minimum absolute atomic E-state index is 0.0125. The normalized spacial score (nSPS) is 11.6. The number of amides is 1. The predicted octanol–water partition coefficient (Wildman–Crippen LogP) is 1.07. The summed E-state index contributed by atoms with van der Waals surface area (Å²) in [7, 11) is 0. The zero-order chi connectivity index (χ0) is 15.5. The second-order valence-corrected chi connectivity index (χ2v) is 3.90. The number of primary amides is 1. The quantitative estimate of drug-likeness (QED) is 0.440. The highest BCUT2D eigenvalue weighted by Gasteiger charge is 2.36. The van der Waals surface area contributed by atoms with E-state index in [1.807, 2.05) is 0 Å². The number of nitrogens with zero attached hydrogens (tertiary/aromatic N) is 2. The van der Waals surface area contributed by atoms with Gasteiger partial charge in [-0.3, -0.25) is 4.79 Å². The van der Waals surface area contributed by atoms with Gasteiger partial charge in [0.15, 0.2) is 0 Å². The standard InChI is InChI=1S/C10H9ClF3N5O/c11-7-4(3-18-19-9(16)17)1-2-5(10(12,13)14)6(7)8(15)20/h1-3H,(H2,15,20)(H4,16,17,19). The van der Waals surface area contributed by atoms with Crippen molar-refractivity contribution in [2.75, 3.05) is 0 Å². The maximum atomic E-state index is 12.7. The topological polar surface area (TPSA) is 120 Å². The van der Waals surface area contributed by atoms with Crippen molar-refractivity contribution in [2.45, 2.75) is 6.18 Å². The molecule has 1 amide bonds. The average Bonchev–Trinajstić information content (AvgIpc) is 2.28. The zero-order valence-electron chi connectivity index (χ0n) is 9.78. The lowest BCUT2D eigenvalue weighted by molar-refractivity contribution is -0.137. The molecule has 1 aromatic carbocycles. The van der Waals surface area contributed by atoms with Crippen LogP contribution >= 0.6 is 11.6 Å². The first kappa shape index (κ1) is 15.8. The summed E-state index contributed by atoms with van der Waals surface area (Å²) in [5.74, 6) is -1.65. The molecule has 1 rings (SSSR count). The van der Waals surface area contributed by atoms with Crippen molar-refractivity contribution in [3.63, 3.8) is 0 Å². The Labute approximate surface area is 116 Å². The van der Waals surface area contributed by atoms with E-state index in [1.54, 1.807) is 0 Å². The van der Waals surface area contributed by atoms with Gasteiger partial charge in [-0.2, -0.15) is 18.3 Å². The number of benzene rings is 1. The average molecular weight is 308 g/mol. The Hall–Kier alpha value is -2.29. The third kappa shape index (κ3) is 3.60. The van der Waals surface area contributed by atoms with Crippen LogP contribution in [-0.4, -0.2) is 18.1 Å². The number of guanidine groups is 1. The molecule has 0 atom stereocenters. The van der Waals surface area contributed by atoms with Crippen LogP contribution in [0.1, 0.15) is 21.5 Å². The van der Waals surface area contributed by atoms with Gasteiger partial charge < -0.3 is 17.2 Å². The maximum Gasteiger partial charge on any atom is 0.417 e. The molecule has 0 aliphatic heterocycles. The van der Waals surface area contributed by atoms with Gasteiger partial charge in [0.2, 0.25) is 5.96 Å². The SMILES string of the molecule is NC(=O)c1c(C(F)(F)F)ccc(C=NN=C(N)N)c1Cl. The van der Waals surface area contributed by atoms with E-state index in [4.69, 9.17) is 28.8 Å². The molecule has 0 unspecified atom stereocenters. The van der Waals surface area contributed by atoms with Gasteiger partial charge in [-0.25, -0.2) is 0 Å². The van der Waals surface area contributed by atoms with Crippen molar-refractivity contribution in [3.05, 3.63) is 33.8 Å². The Morgan fingerprint density at radius 1 is 1.25 bits per heavy atom. The molecule has 0 saturated heterocycles. The fraction of sp³-hybridized carbons (Fsp3) is 0.100. The smallest absolute Gasteiger partial charge is 0.369 e. The van der Waals surface area contributed by atoms with Crippen LogP contribution in [0, 0.1) is 0 Å². The molecule has 20 heavy (non-hydrogen) atoms. The highest BCUT2D eigenvalue weighted by Crippen LogP contribution is 2.35. The maximum absolute atomic E-state index is 12.7. The molecule has 1 aromatic rings. The Balaban J connectivity index is 3.41. The molecule has 10 heteroatoms. The van der Waals surface area contributed by atoms with Crippen LogP contribution < -0.4 is 17.2 Å². The molecule has 0 heterocycles. The molecule has 0 aromatic heterocycles. The molecule has 6 N–H and O–H groups in total. The van der Waals surface area contributed by atoms with Crippen molar-refractivity contribution in [1.82, 2.24) is 0 Å². The van der Waals surface area contributed by atoms with Gasteiger partial charge in [0.05, 0.1) is 22.4 Å². The van der Waals surface area contributed by atoms with Gasteiger partial charge in [-0.1, -0.05) is 17.7 Å². The third-order valence-electron chi connectivity index (χ3n) is 2.09. The van der Waals surface area contributed by atoms with E-state index in [9.17, 15) is 18.0 Å². The van der Waals surface area contributed by atoms with Crippen molar-refractivity contribution in [2.24, 2.45) is 27.4 Å². The van der Waals surface area contributed by atoms with Crippen LogP contribution in [0.15, 0.2) is 22.3 Å². The van der Waals surface area contributed by atoms with Crippen molar-refractivity contribution >= 4 is 29.7 Å². The van der Waals surface area contributed by atoms with Gasteiger partial charge in [0, 0.05) is 5.56 Å². The van der Waals surface area contributed by atoms with E-state index in [0.717, 1.165) is 12.3 Å². The first-order valence-corrected chi connectivity index (χ1v) is 5.34. The number of halogens is 4. The number of carbonyl (C=O) groups is 1. The number of rotatable bonds is 3. The summed E-state index contributed by atoms with van der Waals surface area (Å²) >= 11 is 5.73. The summed E-state index contributed by atoms with van der Waals surface area (Å²) in [6.07, 6.45) is -3.77. The second-order valence-electron chi connectivity index (χ2n) is 3.52. The zero-order valence-corrected chi connectivity index (χ0v) is 10.5. The van der Waals surface area contributed by atoms with E-state index in [1.165, 1.54) is 0 Å². The predicted molar refractivity (Wildman–Crippen MR) is 68.4 cm³/mol. The van der Waals surface area contributed by atoms with E-state index < -0.39 is 28.2 Å². The molecule has 0 spiro atoms. The van der Waals surface area contributed by atoms with Crippen molar-refractivity contribution in [3.8, 4) is 0 Å². The number of alkyl halides is 3. The third-order valence-corrected chi connectivity index (χ3v) is 2.50. The van der Waals surface area contributed by atoms with Crippen LogP contribution in [0.3, 0.4) is 0 Å². The summed E-state index contributed by atoms with van der Waals surface area (Å²) in [4.78, 5) is 11.1. The van der Waals surface area contributed by atoms with E-state index >= 15 is 0 Å². The molecule has 0 saturated carbocycles. The van der Waals surface area contributed by atoms with Crippen molar-refractivity contribution < 1.29 is 18.0 Å². The summed E-state index contributed by atoms with van der Waals surface area (Å²) in [6, 6.07) is 1.69. The number of hydrogen-bond donors (Lipinski definition) is 3. The number of nitrogens with two attached hydrogens (primary N) is 3. The fourth-order valence-electron chi connectivity index (χ4n) is 1.33. The Bertz CT molecular complexity index is 593. The molecule has 0 aliphatic rings. The Morgan fingerprint density at radius 2 is 1.85 bits per heavy atom. The summed E-state index contributed by atoms with van der Waals surface area (Å²) < 4.78 is 38.2. The second kappa shape index (κ2) is 5.78. The molecular formula is C10H9ClF3N5O. The molecule has 0 aliphatic carbocycles. The first-order valence-electron chi connectivity index (χ1n) is 4.96. The lowest BCUT2D eigenvalue weighted by Crippen LogP contribution is -2.22. The number of hydrogen-bond acceptors (Lipinski definition) is 3. The van der Waals surface area contributed by atoms with Crippen LogP contribution in [0.5, 0.6) is 0 Å². The van der Waals surface area contributed by atoms with E-state index in [2.05, 4.69) is 10.2 Å². The summed E-state index contributed by atoms with van der Waals surface area (Å²) in [6.45, 7) is 0. The lowest BCUT2D eigenvalue weighted by atomic mass is 10.0. The fourth-order valence-corrected chi connectivity index (χ4v) is 1.63. The summed E-state index contributed by atoms with van der Waals surface area (Å²) in [5.41, 5.74) is 12.9. The Morgan fingerprint density at radius 3 is 2.30 bits per heavy atom. The van der Waals surface area contributed by atoms with Crippen LogP contribution in [0.4, 0.5) is 13.2 Å². The minimum atomic E-state index is -4.76. The number of carbonyl (C=O) groups excluding carboxylic acids is 1. The van der Waals surface area contributed by atoms with Gasteiger partial charge in [0.25, 0.3) is 5.91 Å². The first-order chi connectivity index (χ1) is 9.14. The van der Waals surface area contributed by atoms with E-state index in [0.29, 0.717) is 6.07 Å². The molecule has 0 bridgehead atoms. The minimum Gasteiger partial charge on any atom is -0.369 e. The summed E-state index contributed by atoms with van der Waals surface area (Å²) in [5, 5.41) is 6.16. The molecular weight excluding hydrogens is 299 g/mol. The van der Waals surface area contributed by atoms with Crippen LogP contribution in [0.2, 0.25) is 5.02 Å². The molecule has 0 radical (unpaired) electrons. The monoisotopic (exact) mass is 307 g/mol. The van der Waals surface area contributed by atoms with Gasteiger partial charge >= 0.3 is 6.18 Å².